The van der Waals surface area contributed by atoms with Crippen molar-refractivity contribution < 1.29 is 14.0 Å². The van der Waals surface area contributed by atoms with Gasteiger partial charge in [0.2, 0.25) is 5.89 Å². The number of nitrogens with zero attached hydrogens (tertiary/aromatic N) is 3. The molecule has 0 N–H and O–H groups in total. The summed E-state index contributed by atoms with van der Waals surface area (Å²) in [6, 6.07) is 24.9. The van der Waals surface area contributed by atoms with Gasteiger partial charge in [-0.2, -0.15) is 0 Å². The van der Waals surface area contributed by atoms with E-state index in [1.807, 2.05) is 77.7 Å². The van der Waals surface area contributed by atoms with Crippen LogP contribution in [-0.4, -0.2) is 52.8 Å². The van der Waals surface area contributed by atoms with Crippen LogP contribution in [0.15, 0.2) is 89.5 Å². The zero-order valence-corrected chi connectivity index (χ0v) is 19.7. The highest BCUT2D eigenvalue weighted by Gasteiger charge is 2.27. The first-order valence-corrected chi connectivity index (χ1v) is 11.9. The molecular formula is C29H27N3O3. The number of aryl methyl sites for hydroxylation is 1. The topological polar surface area (TPSA) is 66.7 Å². The molecule has 3 aromatic carbocycles. The largest absolute Gasteiger partial charge is 0.436 e. The molecule has 0 radical (unpaired) electrons. The van der Waals surface area contributed by atoms with E-state index in [1.54, 1.807) is 17.2 Å². The predicted molar refractivity (Wildman–Crippen MR) is 135 cm³/mol. The number of rotatable bonds is 5. The van der Waals surface area contributed by atoms with Crippen LogP contribution >= 0.6 is 0 Å². The Morgan fingerprint density at radius 3 is 2.11 bits per heavy atom. The highest BCUT2D eigenvalue weighted by molar-refractivity contribution is 6.00. The number of oxazole rings is 1. The molecule has 6 nitrogen and oxygen atoms in total. The predicted octanol–water partition coefficient (Wildman–Crippen LogP) is 5.17. The van der Waals surface area contributed by atoms with E-state index in [1.165, 1.54) is 5.56 Å². The van der Waals surface area contributed by atoms with Crippen LogP contribution in [0, 0.1) is 0 Å². The number of carbonyl (C=O) groups excluding carboxylic acids is 2. The second-order valence-corrected chi connectivity index (χ2v) is 8.58. The third kappa shape index (κ3) is 4.73. The Hall–Kier alpha value is -4.19. The number of carbonyl (C=O) groups is 2. The van der Waals surface area contributed by atoms with Gasteiger partial charge in [0, 0.05) is 42.9 Å². The number of aromatic nitrogens is 1. The van der Waals surface area contributed by atoms with Gasteiger partial charge in [0.05, 0.1) is 11.8 Å². The second kappa shape index (κ2) is 9.97. The first-order chi connectivity index (χ1) is 17.1. The molecule has 0 unspecified atom stereocenters. The quantitative estimate of drug-likeness (QED) is 0.408. The number of amides is 2. The Bertz CT molecular complexity index is 1320. The summed E-state index contributed by atoms with van der Waals surface area (Å²) in [4.78, 5) is 34.4. The van der Waals surface area contributed by atoms with Gasteiger partial charge in [0.1, 0.15) is 0 Å². The lowest BCUT2D eigenvalue weighted by atomic mass is 10.1. The molecule has 0 spiro atoms. The van der Waals surface area contributed by atoms with Crippen LogP contribution in [-0.2, 0) is 6.42 Å². The Kier molecular flexibility index (Phi) is 6.44. The van der Waals surface area contributed by atoms with Crippen molar-refractivity contribution in [3.05, 3.63) is 102 Å². The van der Waals surface area contributed by atoms with E-state index in [2.05, 4.69) is 11.9 Å². The molecule has 176 valence electrons. The minimum Gasteiger partial charge on any atom is -0.436 e. The fraction of sp³-hybridized carbons (Fsp3) is 0.207. The number of hydrogen-bond donors (Lipinski definition) is 0. The molecule has 5 rings (SSSR count). The van der Waals surface area contributed by atoms with Crippen LogP contribution in [0.1, 0.15) is 33.2 Å². The Labute approximate surface area is 204 Å². The van der Waals surface area contributed by atoms with E-state index in [0.717, 1.165) is 12.0 Å². The summed E-state index contributed by atoms with van der Waals surface area (Å²) >= 11 is 0. The van der Waals surface area contributed by atoms with E-state index in [9.17, 15) is 9.59 Å². The molecule has 0 aliphatic carbocycles. The molecule has 35 heavy (non-hydrogen) atoms. The van der Waals surface area contributed by atoms with Gasteiger partial charge in [-0.05, 0) is 36.2 Å². The molecule has 0 bridgehead atoms. The molecule has 0 atom stereocenters. The van der Waals surface area contributed by atoms with Gasteiger partial charge in [0.25, 0.3) is 11.8 Å². The molecule has 1 fully saturated rings. The molecule has 0 saturated carbocycles. The van der Waals surface area contributed by atoms with Crippen molar-refractivity contribution in [3.8, 4) is 22.8 Å². The van der Waals surface area contributed by atoms with E-state index in [-0.39, 0.29) is 11.8 Å². The Morgan fingerprint density at radius 1 is 0.800 bits per heavy atom. The fourth-order valence-electron chi connectivity index (χ4n) is 4.34. The Balaban J connectivity index is 1.29. The third-order valence-electron chi connectivity index (χ3n) is 6.42. The summed E-state index contributed by atoms with van der Waals surface area (Å²) in [5.74, 6) is 0.993. The summed E-state index contributed by atoms with van der Waals surface area (Å²) in [6.45, 7) is 4.05. The molecule has 2 heterocycles. The number of hydrogen-bond acceptors (Lipinski definition) is 4. The van der Waals surface area contributed by atoms with Gasteiger partial charge in [-0.3, -0.25) is 9.59 Å². The van der Waals surface area contributed by atoms with Crippen molar-refractivity contribution in [2.45, 2.75) is 13.3 Å². The van der Waals surface area contributed by atoms with Crippen molar-refractivity contribution in [2.24, 2.45) is 0 Å². The summed E-state index contributed by atoms with van der Waals surface area (Å²) in [7, 11) is 0. The molecule has 1 saturated heterocycles. The summed E-state index contributed by atoms with van der Waals surface area (Å²) < 4.78 is 6.01. The van der Waals surface area contributed by atoms with Crippen LogP contribution in [0.5, 0.6) is 0 Å². The number of piperazine rings is 1. The number of benzene rings is 3. The minimum atomic E-state index is -0.0838. The molecular weight excluding hydrogens is 438 g/mol. The normalized spacial score (nSPS) is 13.6. The summed E-state index contributed by atoms with van der Waals surface area (Å²) in [5.41, 5.74) is 4.03. The average Bonchev–Trinajstić information content (AvgIpc) is 3.43. The lowest BCUT2D eigenvalue weighted by Crippen LogP contribution is -2.50. The van der Waals surface area contributed by atoms with Crippen LogP contribution in [0.25, 0.3) is 22.8 Å². The second-order valence-electron chi connectivity index (χ2n) is 8.58. The maximum absolute atomic E-state index is 13.4. The van der Waals surface area contributed by atoms with E-state index < -0.39 is 0 Å². The Morgan fingerprint density at radius 2 is 1.43 bits per heavy atom. The van der Waals surface area contributed by atoms with E-state index in [0.29, 0.717) is 54.5 Å². The molecule has 4 aromatic rings. The first kappa shape index (κ1) is 22.6. The minimum absolute atomic E-state index is 0.00776. The van der Waals surface area contributed by atoms with Gasteiger partial charge in [0.15, 0.2) is 5.76 Å². The maximum atomic E-state index is 13.4. The van der Waals surface area contributed by atoms with Crippen LogP contribution in [0.4, 0.5) is 0 Å². The van der Waals surface area contributed by atoms with Gasteiger partial charge < -0.3 is 14.2 Å². The van der Waals surface area contributed by atoms with Gasteiger partial charge in [-0.25, -0.2) is 4.98 Å². The SMILES string of the molecule is CCc1ccc(C(=O)N2CCN(C(=O)c3ccccc3-c3ncc(-c4ccccc4)o3)CC2)cc1. The summed E-state index contributed by atoms with van der Waals surface area (Å²) in [5, 5.41) is 0. The van der Waals surface area contributed by atoms with Crippen molar-refractivity contribution >= 4 is 11.8 Å². The molecule has 1 aliphatic heterocycles. The standard InChI is InChI=1S/C29H27N3O3/c1-2-21-12-14-23(15-13-21)28(33)31-16-18-32(19-17-31)29(34)25-11-7-6-10-24(25)27-30-20-26(35-27)22-8-4-3-5-9-22/h3-15,20H,2,16-19H2,1H3. The first-order valence-electron chi connectivity index (χ1n) is 11.9. The highest BCUT2D eigenvalue weighted by atomic mass is 16.4. The monoisotopic (exact) mass is 465 g/mol. The van der Waals surface area contributed by atoms with Crippen LogP contribution in [0.3, 0.4) is 0 Å². The van der Waals surface area contributed by atoms with E-state index >= 15 is 0 Å². The third-order valence-corrected chi connectivity index (χ3v) is 6.42. The molecule has 2 amide bonds. The highest BCUT2D eigenvalue weighted by Crippen LogP contribution is 2.29. The zero-order valence-electron chi connectivity index (χ0n) is 19.7. The van der Waals surface area contributed by atoms with E-state index in [4.69, 9.17) is 4.42 Å². The zero-order chi connectivity index (χ0) is 24.2. The van der Waals surface area contributed by atoms with Crippen molar-refractivity contribution in [1.82, 2.24) is 14.8 Å². The van der Waals surface area contributed by atoms with Crippen molar-refractivity contribution in [3.63, 3.8) is 0 Å². The van der Waals surface area contributed by atoms with Gasteiger partial charge in [-0.1, -0.05) is 61.5 Å². The lowest BCUT2D eigenvalue weighted by molar-refractivity contribution is 0.0536. The average molecular weight is 466 g/mol. The van der Waals surface area contributed by atoms with Crippen molar-refractivity contribution in [2.75, 3.05) is 26.2 Å². The van der Waals surface area contributed by atoms with Crippen LogP contribution < -0.4 is 0 Å². The van der Waals surface area contributed by atoms with Gasteiger partial charge in [-0.15, -0.1) is 0 Å². The fourth-order valence-corrected chi connectivity index (χ4v) is 4.34. The smallest absolute Gasteiger partial charge is 0.254 e. The van der Waals surface area contributed by atoms with Gasteiger partial charge >= 0.3 is 0 Å². The summed E-state index contributed by atoms with van der Waals surface area (Å²) in [6.07, 6.45) is 2.63. The molecule has 6 heteroatoms. The maximum Gasteiger partial charge on any atom is 0.254 e. The molecule has 1 aromatic heterocycles. The lowest BCUT2D eigenvalue weighted by Gasteiger charge is -2.35. The van der Waals surface area contributed by atoms with Crippen molar-refractivity contribution in [1.29, 1.82) is 0 Å². The molecule has 1 aliphatic rings. The van der Waals surface area contributed by atoms with Crippen LogP contribution in [0.2, 0.25) is 0 Å².